The first-order valence-corrected chi connectivity index (χ1v) is 7.84. The molecular formula is C17H16IN3. The first-order chi connectivity index (χ1) is 10.2. The maximum atomic E-state index is 5.79. The summed E-state index contributed by atoms with van der Waals surface area (Å²) in [5, 5.41) is 1.13. The van der Waals surface area contributed by atoms with Crippen LogP contribution in [0.2, 0.25) is 0 Å². The van der Waals surface area contributed by atoms with Gasteiger partial charge in [0.2, 0.25) is 0 Å². The van der Waals surface area contributed by atoms with Gasteiger partial charge in [0.15, 0.2) is 0 Å². The van der Waals surface area contributed by atoms with Crippen LogP contribution in [-0.4, -0.2) is 4.98 Å². The van der Waals surface area contributed by atoms with Crippen LogP contribution in [0.4, 0.5) is 0 Å². The van der Waals surface area contributed by atoms with E-state index in [9.17, 15) is 0 Å². The lowest BCUT2D eigenvalue weighted by Crippen LogP contribution is -2.28. The number of halogens is 1. The molecule has 0 aliphatic carbocycles. The molecule has 0 fully saturated rings. The van der Waals surface area contributed by atoms with E-state index in [1.54, 1.807) is 0 Å². The summed E-state index contributed by atoms with van der Waals surface area (Å²) in [6.07, 6.45) is 0. The molecule has 1 unspecified atom stereocenters. The van der Waals surface area contributed by atoms with Crippen molar-refractivity contribution >= 4 is 33.5 Å². The van der Waals surface area contributed by atoms with E-state index in [1.807, 2.05) is 19.1 Å². The fraction of sp³-hybridized carbons (Fsp3) is 0.118. The zero-order valence-electron chi connectivity index (χ0n) is 11.7. The third-order valence-corrected chi connectivity index (χ3v) is 4.21. The third-order valence-electron chi connectivity index (χ3n) is 3.53. The van der Waals surface area contributed by atoms with Gasteiger partial charge in [0.25, 0.3) is 0 Å². The summed E-state index contributed by atoms with van der Waals surface area (Å²) < 4.78 is 1.20. The van der Waals surface area contributed by atoms with Crippen LogP contribution in [0.15, 0.2) is 54.6 Å². The number of nitrogens with zero attached hydrogens (tertiary/aromatic N) is 1. The number of hydrogen-bond acceptors (Lipinski definition) is 3. The Morgan fingerprint density at radius 2 is 1.86 bits per heavy atom. The van der Waals surface area contributed by atoms with Crippen molar-refractivity contribution in [3.05, 3.63) is 75.0 Å². The van der Waals surface area contributed by atoms with Crippen LogP contribution in [0, 0.1) is 10.5 Å². The Kier molecular flexibility index (Phi) is 4.19. The first kappa shape index (κ1) is 14.4. The Bertz CT molecular complexity index is 786. The van der Waals surface area contributed by atoms with Crippen LogP contribution in [0.25, 0.3) is 10.9 Å². The second-order valence-corrected chi connectivity index (χ2v) is 6.31. The maximum absolute atomic E-state index is 5.79. The van der Waals surface area contributed by atoms with E-state index in [0.29, 0.717) is 0 Å². The molecule has 1 aromatic heterocycles. The molecule has 106 valence electrons. The number of nitrogens with one attached hydrogen (secondary N) is 1. The molecular weight excluding hydrogens is 373 g/mol. The van der Waals surface area contributed by atoms with Gasteiger partial charge < -0.3 is 0 Å². The van der Waals surface area contributed by atoms with E-state index in [1.165, 1.54) is 3.57 Å². The SMILES string of the molecule is Cc1ccc2cc(C(NN)c3cccc(I)c3)ccc2n1. The average molecular weight is 389 g/mol. The minimum absolute atomic E-state index is 0.0228. The number of pyridine rings is 1. The van der Waals surface area contributed by atoms with Crippen LogP contribution in [0.3, 0.4) is 0 Å². The van der Waals surface area contributed by atoms with E-state index >= 15 is 0 Å². The van der Waals surface area contributed by atoms with Gasteiger partial charge in [0, 0.05) is 14.7 Å². The van der Waals surface area contributed by atoms with Crippen LogP contribution < -0.4 is 11.3 Å². The number of benzene rings is 2. The molecule has 1 atom stereocenters. The Balaban J connectivity index is 2.06. The highest BCUT2D eigenvalue weighted by atomic mass is 127. The minimum atomic E-state index is -0.0228. The monoisotopic (exact) mass is 389 g/mol. The second kappa shape index (κ2) is 6.09. The number of hydrazine groups is 1. The zero-order valence-corrected chi connectivity index (χ0v) is 13.8. The summed E-state index contributed by atoms with van der Waals surface area (Å²) in [6.45, 7) is 2.00. The molecule has 0 aliphatic heterocycles. The molecule has 3 rings (SSSR count). The van der Waals surface area contributed by atoms with Crippen molar-refractivity contribution in [3.8, 4) is 0 Å². The van der Waals surface area contributed by atoms with Gasteiger partial charge in [-0.25, -0.2) is 5.43 Å². The highest BCUT2D eigenvalue weighted by Crippen LogP contribution is 2.25. The molecule has 0 amide bonds. The number of aryl methyl sites for hydroxylation is 1. The zero-order chi connectivity index (χ0) is 14.8. The summed E-state index contributed by atoms with van der Waals surface area (Å²) in [7, 11) is 0. The molecule has 3 nitrogen and oxygen atoms in total. The minimum Gasteiger partial charge on any atom is -0.271 e. The van der Waals surface area contributed by atoms with E-state index in [2.05, 4.69) is 75.5 Å². The summed E-state index contributed by atoms with van der Waals surface area (Å²) >= 11 is 2.31. The summed E-state index contributed by atoms with van der Waals surface area (Å²) in [4.78, 5) is 4.54. The van der Waals surface area contributed by atoms with E-state index in [0.717, 1.165) is 27.7 Å². The van der Waals surface area contributed by atoms with Gasteiger partial charge in [-0.1, -0.05) is 24.3 Å². The third kappa shape index (κ3) is 3.07. The molecule has 3 N–H and O–H groups in total. The predicted octanol–water partition coefficient (Wildman–Crippen LogP) is 3.70. The first-order valence-electron chi connectivity index (χ1n) is 6.76. The second-order valence-electron chi connectivity index (χ2n) is 5.06. The van der Waals surface area contributed by atoms with Gasteiger partial charge in [0.05, 0.1) is 11.6 Å². The smallest absolute Gasteiger partial charge is 0.0710 e. The van der Waals surface area contributed by atoms with Crippen LogP contribution in [-0.2, 0) is 0 Å². The standard InChI is InChI=1S/C17H16IN3/c1-11-5-6-12-9-14(7-8-16(12)20-11)17(21-19)13-3-2-4-15(18)10-13/h2-10,17,21H,19H2,1H3. The van der Waals surface area contributed by atoms with Crippen molar-refractivity contribution in [2.24, 2.45) is 5.84 Å². The maximum Gasteiger partial charge on any atom is 0.0710 e. The lowest BCUT2D eigenvalue weighted by Gasteiger charge is -2.17. The summed E-state index contributed by atoms with van der Waals surface area (Å²) in [5.41, 5.74) is 7.25. The molecule has 4 heteroatoms. The normalized spacial score (nSPS) is 12.5. The van der Waals surface area contributed by atoms with Crippen molar-refractivity contribution in [3.63, 3.8) is 0 Å². The lowest BCUT2D eigenvalue weighted by molar-refractivity contribution is 0.637. The number of rotatable bonds is 3. The fourth-order valence-corrected chi connectivity index (χ4v) is 3.06. The van der Waals surface area contributed by atoms with Gasteiger partial charge in [-0.2, -0.15) is 0 Å². The molecule has 0 bridgehead atoms. The Hall–Kier alpha value is -1.50. The fourth-order valence-electron chi connectivity index (χ4n) is 2.50. The Morgan fingerprint density at radius 3 is 2.62 bits per heavy atom. The van der Waals surface area contributed by atoms with Crippen molar-refractivity contribution < 1.29 is 0 Å². The number of nitrogens with two attached hydrogens (primary N) is 1. The van der Waals surface area contributed by atoms with Gasteiger partial charge in [0.1, 0.15) is 0 Å². The van der Waals surface area contributed by atoms with Crippen molar-refractivity contribution in [2.75, 3.05) is 0 Å². The van der Waals surface area contributed by atoms with Crippen LogP contribution in [0.1, 0.15) is 22.9 Å². The molecule has 0 aliphatic rings. The number of aromatic nitrogens is 1. The van der Waals surface area contributed by atoms with E-state index < -0.39 is 0 Å². The highest BCUT2D eigenvalue weighted by molar-refractivity contribution is 14.1. The van der Waals surface area contributed by atoms with Gasteiger partial charge in [-0.3, -0.25) is 10.8 Å². The molecule has 1 heterocycles. The molecule has 21 heavy (non-hydrogen) atoms. The molecule has 3 aromatic rings. The molecule has 2 aromatic carbocycles. The van der Waals surface area contributed by atoms with Gasteiger partial charge in [-0.15, -0.1) is 0 Å². The Morgan fingerprint density at radius 1 is 1.05 bits per heavy atom. The molecule has 0 saturated heterocycles. The van der Waals surface area contributed by atoms with Crippen molar-refractivity contribution in [2.45, 2.75) is 13.0 Å². The highest BCUT2D eigenvalue weighted by Gasteiger charge is 2.13. The average Bonchev–Trinajstić information content (AvgIpc) is 2.48. The quantitative estimate of drug-likeness (QED) is 0.408. The van der Waals surface area contributed by atoms with E-state index in [-0.39, 0.29) is 6.04 Å². The number of hydrogen-bond donors (Lipinski definition) is 2. The van der Waals surface area contributed by atoms with Gasteiger partial charge >= 0.3 is 0 Å². The summed E-state index contributed by atoms with van der Waals surface area (Å²) in [6, 6.07) is 18.7. The largest absolute Gasteiger partial charge is 0.271 e. The number of fused-ring (bicyclic) bond motifs is 1. The summed E-state index contributed by atoms with van der Waals surface area (Å²) in [5.74, 6) is 5.79. The Labute approximate surface area is 137 Å². The lowest BCUT2D eigenvalue weighted by atomic mass is 9.98. The molecule has 0 radical (unpaired) electrons. The van der Waals surface area contributed by atoms with Gasteiger partial charge in [-0.05, 0) is 71.0 Å². The predicted molar refractivity (Wildman–Crippen MR) is 94.8 cm³/mol. The van der Waals surface area contributed by atoms with Crippen molar-refractivity contribution in [1.82, 2.24) is 10.4 Å². The van der Waals surface area contributed by atoms with Crippen LogP contribution in [0.5, 0.6) is 0 Å². The van der Waals surface area contributed by atoms with Crippen molar-refractivity contribution in [1.29, 1.82) is 0 Å². The van der Waals surface area contributed by atoms with E-state index in [4.69, 9.17) is 5.84 Å². The van der Waals surface area contributed by atoms with Crippen LogP contribution >= 0.6 is 22.6 Å². The topological polar surface area (TPSA) is 50.9 Å². The molecule has 0 saturated carbocycles. The molecule has 0 spiro atoms.